The number of hydrogen-bond acceptors (Lipinski definition) is 2. The highest BCUT2D eigenvalue weighted by atomic mass is 32.1. The minimum absolute atomic E-state index is 0.252. The number of rotatable bonds is 3. The molecule has 0 spiro atoms. The van der Waals surface area contributed by atoms with E-state index < -0.39 is 0 Å². The van der Waals surface area contributed by atoms with Gasteiger partial charge in [0.2, 0.25) is 0 Å². The van der Waals surface area contributed by atoms with E-state index in [1.807, 2.05) is 55.5 Å². The first-order valence-electron chi connectivity index (χ1n) is 5.54. The van der Waals surface area contributed by atoms with Gasteiger partial charge < -0.3 is 15.8 Å². The van der Waals surface area contributed by atoms with Crippen LogP contribution in [0.15, 0.2) is 48.5 Å². The number of nitrogens with one attached hydrogen (secondary N) is 1. The Morgan fingerprint density at radius 3 is 2.00 bits per heavy atom. The number of aryl methyl sites for hydroxylation is 1. The second-order valence-corrected chi connectivity index (χ2v) is 4.37. The third-order valence-corrected chi connectivity index (χ3v) is 2.48. The Morgan fingerprint density at radius 2 is 1.50 bits per heavy atom. The van der Waals surface area contributed by atoms with Gasteiger partial charge in [-0.25, -0.2) is 0 Å². The van der Waals surface area contributed by atoms with Gasteiger partial charge in [-0.15, -0.1) is 0 Å². The van der Waals surface area contributed by atoms with Gasteiger partial charge in [-0.1, -0.05) is 17.7 Å². The molecule has 2 aromatic rings. The highest BCUT2D eigenvalue weighted by Gasteiger charge is 1.98. The smallest absolute Gasteiger partial charge is 0.168 e. The maximum Gasteiger partial charge on any atom is 0.168 e. The number of ether oxygens (including phenoxy) is 1. The molecule has 4 heteroatoms. The highest BCUT2D eigenvalue weighted by Crippen LogP contribution is 2.23. The molecule has 0 heterocycles. The van der Waals surface area contributed by atoms with E-state index in [2.05, 4.69) is 5.32 Å². The first-order chi connectivity index (χ1) is 8.63. The number of anilines is 1. The van der Waals surface area contributed by atoms with Crippen molar-refractivity contribution in [2.24, 2.45) is 5.73 Å². The minimum atomic E-state index is 0.252. The third kappa shape index (κ3) is 3.46. The summed E-state index contributed by atoms with van der Waals surface area (Å²) < 4.78 is 5.70. The second-order valence-electron chi connectivity index (χ2n) is 3.93. The SMILES string of the molecule is Cc1ccc(Oc2ccc(NC(N)=S)cc2)cc1. The molecule has 0 aliphatic carbocycles. The average molecular weight is 258 g/mol. The molecule has 92 valence electrons. The first kappa shape index (κ1) is 12.4. The lowest BCUT2D eigenvalue weighted by Crippen LogP contribution is -2.18. The molecule has 18 heavy (non-hydrogen) atoms. The van der Waals surface area contributed by atoms with Crippen molar-refractivity contribution < 1.29 is 4.74 Å². The predicted molar refractivity (Wildman–Crippen MR) is 78.1 cm³/mol. The summed E-state index contributed by atoms with van der Waals surface area (Å²) >= 11 is 4.76. The van der Waals surface area contributed by atoms with E-state index in [9.17, 15) is 0 Å². The van der Waals surface area contributed by atoms with Crippen molar-refractivity contribution in [3.8, 4) is 11.5 Å². The molecule has 0 bridgehead atoms. The molecule has 0 radical (unpaired) electrons. The van der Waals surface area contributed by atoms with Gasteiger partial charge in [0.05, 0.1) is 0 Å². The summed E-state index contributed by atoms with van der Waals surface area (Å²) in [6.45, 7) is 2.04. The lowest BCUT2D eigenvalue weighted by atomic mass is 10.2. The minimum Gasteiger partial charge on any atom is -0.457 e. The van der Waals surface area contributed by atoms with Crippen LogP contribution in [0.25, 0.3) is 0 Å². The first-order valence-corrected chi connectivity index (χ1v) is 5.95. The van der Waals surface area contributed by atoms with Crippen molar-refractivity contribution >= 4 is 23.0 Å². The molecule has 0 saturated carbocycles. The van der Waals surface area contributed by atoms with Crippen molar-refractivity contribution in [3.63, 3.8) is 0 Å². The van der Waals surface area contributed by atoms with Crippen LogP contribution >= 0.6 is 12.2 Å². The summed E-state index contributed by atoms with van der Waals surface area (Å²) in [6.07, 6.45) is 0. The molecule has 0 atom stereocenters. The van der Waals surface area contributed by atoms with E-state index in [0.717, 1.165) is 17.2 Å². The zero-order valence-corrected chi connectivity index (χ0v) is 10.8. The maximum atomic E-state index is 5.70. The molecule has 2 rings (SSSR count). The third-order valence-electron chi connectivity index (χ3n) is 2.38. The van der Waals surface area contributed by atoms with Gasteiger partial charge in [0, 0.05) is 5.69 Å². The summed E-state index contributed by atoms with van der Waals surface area (Å²) in [7, 11) is 0. The standard InChI is InChI=1S/C14H14N2OS/c1-10-2-6-12(7-3-10)17-13-8-4-11(5-9-13)16-14(15)18/h2-9H,1H3,(H3,15,16,18). The fourth-order valence-electron chi connectivity index (χ4n) is 1.49. The number of thiocarbonyl (C=S) groups is 1. The van der Waals surface area contributed by atoms with Crippen LogP contribution < -0.4 is 15.8 Å². The molecule has 2 aromatic carbocycles. The Kier molecular flexibility index (Phi) is 3.79. The predicted octanol–water partition coefficient (Wildman–Crippen LogP) is 3.44. The molecular formula is C14H14N2OS. The average Bonchev–Trinajstić information content (AvgIpc) is 2.34. The topological polar surface area (TPSA) is 47.3 Å². The Labute approximate surface area is 112 Å². The van der Waals surface area contributed by atoms with Crippen molar-refractivity contribution in [1.29, 1.82) is 0 Å². The van der Waals surface area contributed by atoms with Gasteiger partial charge in [0.15, 0.2) is 5.11 Å². The largest absolute Gasteiger partial charge is 0.457 e. The summed E-state index contributed by atoms with van der Waals surface area (Å²) in [4.78, 5) is 0. The fraction of sp³-hybridized carbons (Fsp3) is 0.0714. The van der Waals surface area contributed by atoms with Gasteiger partial charge >= 0.3 is 0 Å². The molecule has 0 amide bonds. The Hall–Kier alpha value is -2.07. The molecule has 0 unspecified atom stereocenters. The van der Waals surface area contributed by atoms with Crippen molar-refractivity contribution in [2.45, 2.75) is 6.92 Å². The van der Waals surface area contributed by atoms with E-state index >= 15 is 0 Å². The summed E-state index contributed by atoms with van der Waals surface area (Å²) in [6, 6.07) is 15.4. The van der Waals surface area contributed by atoms with Crippen LogP contribution in [-0.4, -0.2) is 5.11 Å². The Morgan fingerprint density at radius 1 is 1.00 bits per heavy atom. The summed E-state index contributed by atoms with van der Waals surface area (Å²) in [5.41, 5.74) is 7.44. The van der Waals surface area contributed by atoms with Crippen LogP contribution in [0.3, 0.4) is 0 Å². The zero-order chi connectivity index (χ0) is 13.0. The van der Waals surface area contributed by atoms with Gasteiger partial charge in [-0.2, -0.15) is 0 Å². The van der Waals surface area contributed by atoms with Gasteiger partial charge in [-0.05, 0) is 55.5 Å². The fourth-order valence-corrected chi connectivity index (χ4v) is 1.61. The number of hydrogen-bond donors (Lipinski definition) is 2. The van der Waals surface area contributed by atoms with Crippen molar-refractivity contribution in [2.75, 3.05) is 5.32 Å². The van der Waals surface area contributed by atoms with E-state index in [-0.39, 0.29) is 5.11 Å². The normalized spacial score (nSPS) is 9.83. The lowest BCUT2D eigenvalue weighted by Gasteiger charge is -2.07. The molecule has 0 aromatic heterocycles. The molecule has 3 N–H and O–H groups in total. The molecule has 0 fully saturated rings. The molecule has 0 aliphatic heterocycles. The van der Waals surface area contributed by atoms with Gasteiger partial charge in [-0.3, -0.25) is 0 Å². The van der Waals surface area contributed by atoms with Crippen LogP contribution in [0.1, 0.15) is 5.56 Å². The summed E-state index contributed by atoms with van der Waals surface area (Å²) in [5, 5.41) is 3.11. The van der Waals surface area contributed by atoms with Crippen LogP contribution in [0, 0.1) is 6.92 Å². The van der Waals surface area contributed by atoms with Crippen LogP contribution in [0.4, 0.5) is 5.69 Å². The van der Waals surface area contributed by atoms with E-state index in [1.54, 1.807) is 0 Å². The van der Waals surface area contributed by atoms with Crippen molar-refractivity contribution in [3.05, 3.63) is 54.1 Å². The number of nitrogens with two attached hydrogens (primary N) is 1. The van der Waals surface area contributed by atoms with Gasteiger partial charge in [0.25, 0.3) is 0 Å². The van der Waals surface area contributed by atoms with Crippen molar-refractivity contribution in [1.82, 2.24) is 0 Å². The van der Waals surface area contributed by atoms with Crippen LogP contribution in [0.5, 0.6) is 11.5 Å². The monoisotopic (exact) mass is 258 g/mol. The van der Waals surface area contributed by atoms with E-state index in [4.69, 9.17) is 22.7 Å². The quantitative estimate of drug-likeness (QED) is 0.828. The maximum absolute atomic E-state index is 5.70. The highest BCUT2D eigenvalue weighted by molar-refractivity contribution is 7.80. The van der Waals surface area contributed by atoms with Crippen LogP contribution in [-0.2, 0) is 0 Å². The molecular weight excluding hydrogens is 244 g/mol. The Balaban J connectivity index is 2.06. The van der Waals surface area contributed by atoms with Crippen LogP contribution in [0.2, 0.25) is 0 Å². The molecule has 0 aliphatic rings. The van der Waals surface area contributed by atoms with E-state index in [1.165, 1.54) is 5.56 Å². The lowest BCUT2D eigenvalue weighted by molar-refractivity contribution is 0.482. The molecule has 0 saturated heterocycles. The molecule has 3 nitrogen and oxygen atoms in total. The second kappa shape index (κ2) is 5.51. The number of benzene rings is 2. The Bertz CT molecular complexity index is 535. The van der Waals surface area contributed by atoms with E-state index in [0.29, 0.717) is 0 Å². The summed E-state index contributed by atoms with van der Waals surface area (Å²) in [5.74, 6) is 1.59. The zero-order valence-electron chi connectivity index (χ0n) is 10.0. The van der Waals surface area contributed by atoms with Gasteiger partial charge in [0.1, 0.15) is 11.5 Å².